The lowest BCUT2D eigenvalue weighted by atomic mass is 9.66. The molecular formula is C65H81N11O10S. The highest BCUT2D eigenvalue weighted by molar-refractivity contribution is 7.90. The van der Waals surface area contributed by atoms with Crippen LogP contribution in [0.15, 0.2) is 96.2 Å². The number of ether oxygens (including phenoxy) is 4. The van der Waals surface area contributed by atoms with Gasteiger partial charge in [-0.15, -0.1) is 0 Å². The normalized spacial score (nSPS) is 24.5. The maximum atomic E-state index is 14.9. The van der Waals surface area contributed by atoms with Crippen molar-refractivity contribution >= 4 is 61.2 Å². The molecular weight excluding hydrogens is 1130 g/mol. The number of nitro groups is 1. The van der Waals surface area contributed by atoms with E-state index in [1.165, 1.54) is 23.3 Å². The summed E-state index contributed by atoms with van der Waals surface area (Å²) < 4.78 is 55.0. The van der Waals surface area contributed by atoms with E-state index < -0.39 is 43.1 Å². The van der Waals surface area contributed by atoms with E-state index in [1.807, 2.05) is 43.6 Å². The third kappa shape index (κ3) is 12.0. The number of hydrogen-bond donors (Lipinski definition) is 4. The number of piperazine rings is 1. The number of benzene rings is 3. The number of methoxy groups -OCH3 is 1. The zero-order valence-electron chi connectivity index (χ0n) is 50.3. The Kier molecular flexibility index (Phi) is 16.3. The Morgan fingerprint density at radius 2 is 1.70 bits per heavy atom. The lowest BCUT2D eigenvalue weighted by Gasteiger charge is -2.56. The van der Waals surface area contributed by atoms with Gasteiger partial charge in [-0.25, -0.2) is 18.1 Å². The molecule has 1 spiro atoms. The Bertz CT molecular complexity index is 3620. The number of nitrogens with zero attached hydrogens (tertiary/aromatic N) is 8. The Morgan fingerprint density at radius 1 is 0.908 bits per heavy atom. The number of pyridine rings is 2. The summed E-state index contributed by atoms with van der Waals surface area (Å²) in [5.74, 6) is 1.72. The first kappa shape index (κ1) is 58.9. The molecule has 3 aromatic carbocycles. The summed E-state index contributed by atoms with van der Waals surface area (Å²) in [7, 11) is -2.92. The standard InChI is InChI=1S/C65H81N11O10S/c1-42(2)49-7-5-6-8-50(49)57-38-71(37-44-31-58(83-4)61(68-36-44)72-26-29-84-30-27-72)24-25-74(57)46-15-21-65(22-16-46)40-73(41-65)47-9-11-51(54(33-47)75-53-18-28-85-39-59(53)86-63-56(75)32-45-17-23-66-60(45)69-63)62(77)70-87(81,82)48-10-12-52(55(34-48)76(79)80)67-35-43-13-19-64(3,78)20-14-43/h5-12,17,23,31-34,36,42-43,46,53,57,59,67,78H,13-16,18-22,24-30,35,37-41H2,1-4H3,(H,66,69)(H,70,77)/t43?,53-,57-,59-,64?/m0/s1. The molecule has 3 atom stereocenters. The van der Waals surface area contributed by atoms with E-state index in [2.05, 4.69) is 83.7 Å². The number of aromatic nitrogens is 3. The van der Waals surface area contributed by atoms with Gasteiger partial charge < -0.3 is 49.1 Å². The molecule has 0 unspecified atom stereocenters. The smallest absolute Gasteiger partial charge is 0.293 e. The van der Waals surface area contributed by atoms with Gasteiger partial charge in [-0.1, -0.05) is 38.1 Å². The van der Waals surface area contributed by atoms with Gasteiger partial charge in [0.15, 0.2) is 11.6 Å². The molecule has 6 fully saturated rings. The average molecular weight is 1210 g/mol. The molecule has 0 radical (unpaired) electrons. The quantitative estimate of drug-likeness (QED) is 0.0522. The number of anilines is 5. The van der Waals surface area contributed by atoms with E-state index in [1.54, 1.807) is 13.2 Å². The van der Waals surface area contributed by atoms with E-state index in [0.717, 1.165) is 125 Å². The molecule has 13 rings (SSSR count). The number of H-pyrrole nitrogens is 1. The number of hydrogen-bond acceptors (Lipinski definition) is 18. The minimum Gasteiger partial charge on any atom is -0.493 e. The monoisotopic (exact) mass is 1210 g/mol. The van der Waals surface area contributed by atoms with Gasteiger partial charge in [0.05, 0.1) is 59.6 Å². The van der Waals surface area contributed by atoms with E-state index in [4.69, 9.17) is 28.9 Å². The van der Waals surface area contributed by atoms with Crippen molar-refractivity contribution in [1.82, 2.24) is 29.5 Å². The Labute approximate surface area is 508 Å². The summed E-state index contributed by atoms with van der Waals surface area (Å²) >= 11 is 0. The van der Waals surface area contributed by atoms with Crippen LogP contribution in [0.5, 0.6) is 11.6 Å². The Hall–Kier alpha value is -7.08. The molecule has 3 aromatic heterocycles. The summed E-state index contributed by atoms with van der Waals surface area (Å²) in [6.45, 7) is 15.8. The summed E-state index contributed by atoms with van der Waals surface area (Å²) in [5.41, 5.74) is 5.87. The molecule has 0 bridgehead atoms. The molecule has 2 saturated carbocycles. The zero-order valence-corrected chi connectivity index (χ0v) is 51.1. The number of amides is 1. The van der Waals surface area contributed by atoms with Crippen LogP contribution in [0.25, 0.3) is 11.0 Å². The molecule has 22 heteroatoms. The number of nitrogens with one attached hydrogen (secondary N) is 3. The second kappa shape index (κ2) is 24.1. The molecule has 2 aliphatic carbocycles. The van der Waals surface area contributed by atoms with Gasteiger partial charge in [-0.05, 0) is 142 Å². The van der Waals surface area contributed by atoms with Crippen molar-refractivity contribution in [3.8, 4) is 11.6 Å². The van der Waals surface area contributed by atoms with Gasteiger partial charge in [0.2, 0.25) is 5.88 Å². The van der Waals surface area contributed by atoms with Gasteiger partial charge in [0.1, 0.15) is 23.1 Å². The third-order valence-corrected chi connectivity index (χ3v) is 21.1. The lowest BCUT2D eigenvalue weighted by Crippen LogP contribution is -2.60. The number of aromatic amines is 1. The van der Waals surface area contributed by atoms with Crippen molar-refractivity contribution in [2.75, 3.05) is 106 Å². The van der Waals surface area contributed by atoms with Crippen LogP contribution < -0.4 is 34.2 Å². The molecule has 87 heavy (non-hydrogen) atoms. The lowest BCUT2D eigenvalue weighted by molar-refractivity contribution is -0.384. The van der Waals surface area contributed by atoms with Crippen molar-refractivity contribution in [3.05, 3.63) is 124 Å². The van der Waals surface area contributed by atoms with Crippen LogP contribution >= 0.6 is 0 Å². The van der Waals surface area contributed by atoms with Crippen LogP contribution in [0, 0.1) is 21.4 Å². The minimum atomic E-state index is -4.65. The zero-order chi connectivity index (χ0) is 60.2. The molecule has 462 valence electrons. The highest BCUT2D eigenvalue weighted by Crippen LogP contribution is 2.51. The fourth-order valence-electron chi connectivity index (χ4n) is 14.9. The fraction of sp³-hybridized carbons (Fsp3) is 0.523. The van der Waals surface area contributed by atoms with Gasteiger partial charge in [-0.2, -0.15) is 4.98 Å². The van der Waals surface area contributed by atoms with Gasteiger partial charge >= 0.3 is 0 Å². The van der Waals surface area contributed by atoms with Crippen molar-refractivity contribution in [3.63, 3.8) is 0 Å². The van der Waals surface area contributed by atoms with E-state index in [9.17, 15) is 28.4 Å². The van der Waals surface area contributed by atoms with Crippen molar-refractivity contribution in [2.24, 2.45) is 11.3 Å². The first-order valence-electron chi connectivity index (χ1n) is 31.2. The van der Waals surface area contributed by atoms with Crippen molar-refractivity contribution in [1.29, 1.82) is 0 Å². The summed E-state index contributed by atoms with van der Waals surface area (Å²) in [5, 5.41) is 26.9. The molecule has 1 amide bonds. The maximum absolute atomic E-state index is 14.9. The predicted molar refractivity (Wildman–Crippen MR) is 333 cm³/mol. The van der Waals surface area contributed by atoms with E-state index in [-0.39, 0.29) is 34.7 Å². The van der Waals surface area contributed by atoms with E-state index >= 15 is 0 Å². The summed E-state index contributed by atoms with van der Waals surface area (Å²) in [4.78, 5) is 51.4. The Balaban J connectivity index is 0.743. The highest BCUT2D eigenvalue weighted by Gasteiger charge is 2.48. The van der Waals surface area contributed by atoms with Crippen molar-refractivity contribution in [2.45, 2.75) is 126 Å². The molecule has 6 aromatic rings. The number of rotatable bonds is 16. The number of aliphatic hydroxyl groups is 1. The third-order valence-electron chi connectivity index (χ3n) is 19.8. The minimum absolute atomic E-state index is 0.108. The van der Waals surface area contributed by atoms with Gasteiger partial charge in [-0.3, -0.25) is 24.7 Å². The number of nitro benzene ring substituents is 1. The molecule has 8 heterocycles. The van der Waals surface area contributed by atoms with E-state index in [0.29, 0.717) is 87.1 Å². The number of morpholine rings is 1. The van der Waals surface area contributed by atoms with Gasteiger partial charge in [0.25, 0.3) is 21.6 Å². The number of carbonyl (C=O) groups is 1. The van der Waals surface area contributed by atoms with Crippen LogP contribution in [0.3, 0.4) is 0 Å². The molecule has 21 nitrogen and oxygen atoms in total. The summed E-state index contributed by atoms with van der Waals surface area (Å²) in [6.07, 6.45) is 11.0. The van der Waals surface area contributed by atoms with Crippen molar-refractivity contribution < 1.29 is 42.2 Å². The number of sulfonamides is 1. The highest BCUT2D eigenvalue weighted by atomic mass is 32.2. The molecule has 4 N–H and O–H groups in total. The van der Waals surface area contributed by atoms with Crippen LogP contribution in [0.2, 0.25) is 0 Å². The summed E-state index contributed by atoms with van der Waals surface area (Å²) in [6, 6.07) is 24.7. The molecule has 5 aliphatic heterocycles. The Morgan fingerprint density at radius 3 is 2.47 bits per heavy atom. The fourth-order valence-corrected chi connectivity index (χ4v) is 15.9. The maximum Gasteiger partial charge on any atom is 0.293 e. The van der Waals surface area contributed by atoms with Crippen LogP contribution in [-0.2, 0) is 26.0 Å². The molecule has 4 saturated heterocycles. The molecule has 7 aliphatic rings. The predicted octanol–water partition coefficient (Wildman–Crippen LogP) is 9.30. The topological polar surface area (TPSA) is 233 Å². The van der Waals surface area contributed by atoms with Crippen LogP contribution in [0.4, 0.5) is 34.3 Å². The SMILES string of the molecule is COc1cc(CN2CCN(C3CCC4(CC3)CN(c3ccc(C(=O)NS(=O)(=O)c5ccc(NCC6CCC(C)(O)CC6)c([N+](=O)[O-])c5)c(N5c6cc7cc[nH]c7nc6O[C@H]6COCC[C@@H]65)c3)C4)[C@H](c3ccccc3C(C)C)C2)cnc1N1CCOCC1. The van der Waals surface area contributed by atoms with Gasteiger partial charge in [0, 0.05) is 113 Å². The number of fused-ring (bicyclic) bond motifs is 3. The largest absolute Gasteiger partial charge is 0.493 e. The average Bonchev–Trinajstić information content (AvgIpc) is 1.48. The first-order chi connectivity index (χ1) is 42.0. The van der Waals surface area contributed by atoms with Crippen LogP contribution in [0.1, 0.15) is 118 Å². The number of carbonyl (C=O) groups excluding carboxylic acids is 1. The second-order valence-electron chi connectivity index (χ2n) is 25.9. The first-order valence-corrected chi connectivity index (χ1v) is 32.6. The second-order valence-corrected chi connectivity index (χ2v) is 27.6. The van der Waals surface area contributed by atoms with Crippen LogP contribution in [-0.4, -0.2) is 159 Å².